The van der Waals surface area contributed by atoms with Crippen LogP contribution in [0.3, 0.4) is 0 Å². The van der Waals surface area contributed by atoms with Crippen molar-refractivity contribution >= 4 is 5.97 Å². The molecule has 1 aliphatic carbocycles. The predicted molar refractivity (Wildman–Crippen MR) is 84.2 cm³/mol. The molecular formula is C17H26N2O2. The first-order valence-corrected chi connectivity index (χ1v) is 7.75. The first kappa shape index (κ1) is 16.0. The van der Waals surface area contributed by atoms with Crippen molar-refractivity contribution in [1.29, 1.82) is 0 Å². The van der Waals surface area contributed by atoms with Crippen molar-refractivity contribution < 1.29 is 9.53 Å². The number of esters is 1. The molecule has 0 amide bonds. The van der Waals surface area contributed by atoms with Crippen molar-refractivity contribution in [1.82, 2.24) is 10.2 Å². The standard InChI is InChI=1S/C17H26N2O2/c1-4-21-16(20)17(18-12-13-19(2)3)11-7-9-14-8-5-6-10-15(14)17/h5-6,8,10,18H,4,7,9,11-13H2,1-3H3. The summed E-state index contributed by atoms with van der Waals surface area (Å²) in [5.74, 6) is -0.143. The lowest BCUT2D eigenvalue weighted by Crippen LogP contribution is -2.53. The third-order valence-electron chi connectivity index (χ3n) is 4.08. The summed E-state index contributed by atoms with van der Waals surface area (Å²) in [4.78, 5) is 14.8. The number of fused-ring (bicyclic) bond motifs is 1. The lowest BCUT2D eigenvalue weighted by molar-refractivity contribution is -0.152. The number of nitrogens with one attached hydrogen (secondary N) is 1. The van der Waals surface area contributed by atoms with Gasteiger partial charge in [0, 0.05) is 13.1 Å². The average Bonchev–Trinajstić information content (AvgIpc) is 2.47. The van der Waals surface area contributed by atoms with E-state index in [2.05, 4.69) is 22.3 Å². The van der Waals surface area contributed by atoms with Crippen molar-refractivity contribution in [3.05, 3.63) is 35.4 Å². The van der Waals surface area contributed by atoms with Crippen LogP contribution in [0.4, 0.5) is 0 Å². The van der Waals surface area contributed by atoms with Gasteiger partial charge in [-0.3, -0.25) is 5.32 Å². The van der Waals surface area contributed by atoms with Crippen molar-refractivity contribution in [2.45, 2.75) is 31.7 Å². The molecule has 0 spiro atoms. The Bertz CT molecular complexity index is 487. The largest absolute Gasteiger partial charge is 0.464 e. The van der Waals surface area contributed by atoms with Crippen LogP contribution in [0.25, 0.3) is 0 Å². The van der Waals surface area contributed by atoms with Crippen LogP contribution < -0.4 is 5.32 Å². The van der Waals surface area contributed by atoms with E-state index in [1.54, 1.807) is 0 Å². The van der Waals surface area contributed by atoms with Gasteiger partial charge in [0.15, 0.2) is 0 Å². The zero-order valence-corrected chi connectivity index (χ0v) is 13.3. The van der Waals surface area contributed by atoms with E-state index in [4.69, 9.17) is 4.74 Å². The Hall–Kier alpha value is -1.39. The molecular weight excluding hydrogens is 264 g/mol. The molecule has 1 aromatic carbocycles. The summed E-state index contributed by atoms with van der Waals surface area (Å²) in [6.45, 7) is 3.93. The fourth-order valence-corrected chi connectivity index (χ4v) is 3.05. The molecule has 4 heteroatoms. The van der Waals surface area contributed by atoms with Gasteiger partial charge in [-0.15, -0.1) is 0 Å². The molecule has 0 bridgehead atoms. The highest BCUT2D eigenvalue weighted by atomic mass is 16.5. The van der Waals surface area contributed by atoms with Gasteiger partial charge in [-0.2, -0.15) is 0 Å². The van der Waals surface area contributed by atoms with E-state index in [9.17, 15) is 4.79 Å². The zero-order chi connectivity index (χ0) is 15.3. The van der Waals surface area contributed by atoms with Crippen LogP contribution in [0.5, 0.6) is 0 Å². The summed E-state index contributed by atoms with van der Waals surface area (Å²) in [5, 5.41) is 3.49. The second-order valence-electron chi connectivity index (χ2n) is 5.87. The highest BCUT2D eigenvalue weighted by molar-refractivity contribution is 5.83. The first-order chi connectivity index (χ1) is 10.1. The molecule has 21 heavy (non-hydrogen) atoms. The number of hydrogen-bond donors (Lipinski definition) is 1. The fraction of sp³-hybridized carbons (Fsp3) is 0.588. The number of ether oxygens (including phenoxy) is 1. The summed E-state index contributed by atoms with van der Waals surface area (Å²) >= 11 is 0. The number of carbonyl (C=O) groups excluding carboxylic acids is 1. The summed E-state index contributed by atoms with van der Waals surface area (Å²) in [5.41, 5.74) is 1.67. The topological polar surface area (TPSA) is 41.6 Å². The Kier molecular flexibility index (Phi) is 5.37. The van der Waals surface area contributed by atoms with E-state index in [1.165, 1.54) is 5.56 Å². The molecule has 1 N–H and O–H groups in total. The molecule has 2 rings (SSSR count). The lowest BCUT2D eigenvalue weighted by Gasteiger charge is -2.38. The van der Waals surface area contributed by atoms with E-state index >= 15 is 0 Å². The van der Waals surface area contributed by atoms with Gasteiger partial charge in [0.05, 0.1) is 6.61 Å². The van der Waals surface area contributed by atoms with Gasteiger partial charge in [-0.1, -0.05) is 24.3 Å². The molecule has 1 atom stereocenters. The van der Waals surface area contributed by atoms with Gasteiger partial charge in [0.1, 0.15) is 5.54 Å². The Morgan fingerprint density at radius 1 is 1.38 bits per heavy atom. The van der Waals surface area contributed by atoms with Crippen LogP contribution in [-0.4, -0.2) is 44.7 Å². The van der Waals surface area contributed by atoms with E-state index in [-0.39, 0.29) is 5.97 Å². The Labute approximate surface area is 127 Å². The summed E-state index contributed by atoms with van der Waals surface area (Å²) in [6.07, 6.45) is 2.84. The van der Waals surface area contributed by atoms with Crippen LogP contribution in [-0.2, 0) is 21.5 Å². The van der Waals surface area contributed by atoms with E-state index < -0.39 is 5.54 Å². The van der Waals surface area contributed by atoms with Crippen molar-refractivity contribution in [3.63, 3.8) is 0 Å². The number of hydrogen-bond acceptors (Lipinski definition) is 4. The molecule has 4 nitrogen and oxygen atoms in total. The molecule has 0 aliphatic heterocycles. The number of benzene rings is 1. The number of aryl methyl sites for hydroxylation is 1. The van der Waals surface area contributed by atoms with Crippen molar-refractivity contribution in [3.8, 4) is 0 Å². The van der Waals surface area contributed by atoms with Crippen molar-refractivity contribution in [2.75, 3.05) is 33.8 Å². The van der Waals surface area contributed by atoms with Gasteiger partial charge < -0.3 is 9.64 Å². The molecule has 0 saturated heterocycles. The quantitative estimate of drug-likeness (QED) is 0.813. The van der Waals surface area contributed by atoms with Gasteiger partial charge in [-0.25, -0.2) is 4.79 Å². The van der Waals surface area contributed by atoms with Gasteiger partial charge in [-0.05, 0) is 51.4 Å². The fourth-order valence-electron chi connectivity index (χ4n) is 3.05. The molecule has 1 unspecified atom stereocenters. The van der Waals surface area contributed by atoms with Crippen molar-refractivity contribution in [2.24, 2.45) is 0 Å². The maximum absolute atomic E-state index is 12.7. The summed E-state index contributed by atoms with van der Waals surface area (Å²) < 4.78 is 5.38. The van der Waals surface area contributed by atoms with E-state index in [0.717, 1.165) is 37.9 Å². The van der Waals surface area contributed by atoms with Gasteiger partial charge in [0.2, 0.25) is 0 Å². The van der Waals surface area contributed by atoms with Crippen LogP contribution in [0.2, 0.25) is 0 Å². The minimum absolute atomic E-state index is 0.143. The van der Waals surface area contributed by atoms with E-state index in [1.807, 2.05) is 33.2 Å². The monoisotopic (exact) mass is 290 g/mol. The van der Waals surface area contributed by atoms with Crippen LogP contribution in [0.1, 0.15) is 30.9 Å². The molecule has 1 aromatic rings. The SMILES string of the molecule is CCOC(=O)C1(NCCN(C)C)CCCc2ccccc21. The maximum atomic E-state index is 12.7. The molecule has 0 heterocycles. The summed E-state index contributed by atoms with van der Waals surface area (Å²) in [6, 6.07) is 8.23. The molecule has 0 aromatic heterocycles. The predicted octanol–water partition coefficient (Wildman–Crippen LogP) is 1.93. The Morgan fingerprint density at radius 3 is 2.86 bits per heavy atom. The second kappa shape index (κ2) is 7.05. The smallest absolute Gasteiger partial charge is 0.331 e. The van der Waals surface area contributed by atoms with E-state index in [0.29, 0.717) is 6.61 Å². The highest BCUT2D eigenvalue weighted by Crippen LogP contribution is 2.36. The van der Waals surface area contributed by atoms with Crippen LogP contribution in [0.15, 0.2) is 24.3 Å². The summed E-state index contributed by atoms with van der Waals surface area (Å²) in [7, 11) is 4.07. The number of rotatable bonds is 6. The lowest BCUT2D eigenvalue weighted by atomic mass is 9.76. The Morgan fingerprint density at radius 2 is 2.14 bits per heavy atom. The minimum Gasteiger partial charge on any atom is -0.464 e. The molecule has 1 aliphatic rings. The van der Waals surface area contributed by atoms with Gasteiger partial charge in [0.25, 0.3) is 0 Å². The number of nitrogens with zero attached hydrogens (tertiary/aromatic N) is 1. The maximum Gasteiger partial charge on any atom is 0.331 e. The van der Waals surface area contributed by atoms with Crippen LogP contribution in [0, 0.1) is 0 Å². The Balaban J connectivity index is 2.30. The molecule has 116 valence electrons. The highest BCUT2D eigenvalue weighted by Gasteiger charge is 2.44. The number of likely N-dealkylation sites (N-methyl/N-ethyl adjacent to an activating group) is 1. The first-order valence-electron chi connectivity index (χ1n) is 7.75. The normalized spacial score (nSPS) is 21.1. The number of carbonyl (C=O) groups is 1. The molecule has 0 fully saturated rings. The average molecular weight is 290 g/mol. The zero-order valence-electron chi connectivity index (χ0n) is 13.3. The second-order valence-corrected chi connectivity index (χ2v) is 5.87. The third-order valence-corrected chi connectivity index (χ3v) is 4.08. The molecule has 0 saturated carbocycles. The van der Waals surface area contributed by atoms with Crippen LogP contribution >= 0.6 is 0 Å². The minimum atomic E-state index is -0.680. The van der Waals surface area contributed by atoms with Gasteiger partial charge >= 0.3 is 5.97 Å². The third kappa shape index (κ3) is 3.44. The molecule has 0 radical (unpaired) electrons.